The summed E-state index contributed by atoms with van der Waals surface area (Å²) in [5, 5.41) is 0. The zero-order valence-electron chi connectivity index (χ0n) is 15.0. The number of hydrogen-bond donors (Lipinski definition) is 0. The lowest BCUT2D eigenvalue weighted by molar-refractivity contribution is -0.157. The summed E-state index contributed by atoms with van der Waals surface area (Å²) in [5.41, 5.74) is 0. The predicted molar refractivity (Wildman–Crippen MR) is 89.2 cm³/mol. The third-order valence-corrected chi connectivity index (χ3v) is 4.74. The molecule has 0 radical (unpaired) electrons. The molecule has 0 saturated carbocycles. The van der Waals surface area contributed by atoms with Gasteiger partial charge in [-0.05, 0) is 19.3 Å². The molecule has 1 amide bonds. The van der Waals surface area contributed by atoms with E-state index in [0.29, 0.717) is 19.6 Å². The molecule has 0 aromatic rings. The van der Waals surface area contributed by atoms with Crippen LogP contribution in [-0.2, 0) is 19.0 Å². The Morgan fingerprint density at radius 1 is 1.13 bits per heavy atom. The average molecular weight is 327 g/mol. The van der Waals surface area contributed by atoms with Crippen molar-refractivity contribution in [3.8, 4) is 0 Å². The van der Waals surface area contributed by atoms with Gasteiger partial charge < -0.3 is 19.1 Å². The van der Waals surface area contributed by atoms with Crippen LogP contribution in [0.25, 0.3) is 0 Å². The van der Waals surface area contributed by atoms with Gasteiger partial charge in [-0.1, -0.05) is 40.0 Å². The highest BCUT2D eigenvalue weighted by molar-refractivity contribution is 5.79. The van der Waals surface area contributed by atoms with E-state index < -0.39 is 5.79 Å². The van der Waals surface area contributed by atoms with Crippen molar-refractivity contribution in [2.75, 3.05) is 26.4 Å². The molecule has 2 heterocycles. The van der Waals surface area contributed by atoms with E-state index in [4.69, 9.17) is 14.2 Å². The maximum atomic E-state index is 12.4. The summed E-state index contributed by atoms with van der Waals surface area (Å²) < 4.78 is 17.9. The van der Waals surface area contributed by atoms with Crippen LogP contribution in [0.2, 0.25) is 0 Å². The van der Waals surface area contributed by atoms with Crippen LogP contribution in [0.3, 0.4) is 0 Å². The molecule has 0 N–H and O–H groups in total. The number of nitrogens with zero attached hydrogens (tertiary/aromatic N) is 1. The first-order valence-electron chi connectivity index (χ1n) is 9.38. The number of ether oxygens (including phenoxy) is 3. The van der Waals surface area contributed by atoms with Crippen molar-refractivity contribution in [3.05, 3.63) is 0 Å². The quantitative estimate of drug-likeness (QED) is 0.408. The topological polar surface area (TPSA) is 51.3 Å². The highest BCUT2D eigenvalue weighted by Crippen LogP contribution is 2.49. The van der Waals surface area contributed by atoms with Crippen molar-refractivity contribution in [1.29, 1.82) is 0 Å². The largest absolute Gasteiger partial charge is 0.379 e. The number of carbonyl (C=O) groups is 1. The van der Waals surface area contributed by atoms with Crippen LogP contribution in [0, 0.1) is 0 Å². The van der Waals surface area contributed by atoms with Crippen LogP contribution in [0.1, 0.15) is 65.7 Å². The number of likely N-dealkylation sites (tertiary alicyclic amines) is 1. The average Bonchev–Trinajstić information content (AvgIpc) is 3.24. The van der Waals surface area contributed by atoms with Gasteiger partial charge in [-0.3, -0.25) is 4.79 Å². The van der Waals surface area contributed by atoms with E-state index in [2.05, 4.69) is 20.8 Å². The van der Waals surface area contributed by atoms with Crippen LogP contribution < -0.4 is 0 Å². The Morgan fingerprint density at radius 2 is 1.83 bits per heavy atom. The van der Waals surface area contributed by atoms with Gasteiger partial charge in [0, 0.05) is 13.2 Å². The van der Waals surface area contributed by atoms with Crippen LogP contribution in [0.5, 0.6) is 0 Å². The van der Waals surface area contributed by atoms with Gasteiger partial charge in [0.05, 0.1) is 19.6 Å². The molecule has 3 unspecified atom stereocenters. The molecule has 0 aromatic heterocycles. The molecule has 2 aliphatic rings. The van der Waals surface area contributed by atoms with Crippen molar-refractivity contribution in [1.82, 2.24) is 4.90 Å². The summed E-state index contributed by atoms with van der Waals surface area (Å²) in [6, 6.07) is -0.103. The molecule has 2 aliphatic heterocycles. The van der Waals surface area contributed by atoms with Gasteiger partial charge in [-0.25, -0.2) is 0 Å². The summed E-state index contributed by atoms with van der Waals surface area (Å²) in [6.07, 6.45) is 6.71. The minimum Gasteiger partial charge on any atom is -0.379 e. The lowest BCUT2D eigenvalue weighted by atomic mass is 9.97. The van der Waals surface area contributed by atoms with Crippen molar-refractivity contribution in [2.24, 2.45) is 0 Å². The molecule has 0 spiro atoms. The number of rotatable bonds is 12. The normalized spacial score (nSPS) is 29.7. The van der Waals surface area contributed by atoms with Gasteiger partial charge in [-0.15, -0.1) is 0 Å². The summed E-state index contributed by atoms with van der Waals surface area (Å²) >= 11 is 0. The SMILES string of the molecule is CCCCOCC1N(CCCC)C(=O)CC2OC21OCCCC. The zero-order valence-corrected chi connectivity index (χ0v) is 15.0. The first kappa shape index (κ1) is 18.7. The van der Waals surface area contributed by atoms with E-state index in [0.717, 1.165) is 51.7 Å². The molecule has 2 saturated heterocycles. The first-order chi connectivity index (χ1) is 11.2. The Morgan fingerprint density at radius 3 is 2.52 bits per heavy atom. The maximum Gasteiger partial charge on any atom is 0.225 e. The molecule has 0 aromatic carbocycles. The van der Waals surface area contributed by atoms with Crippen LogP contribution in [0.15, 0.2) is 0 Å². The lowest BCUT2D eigenvalue weighted by Crippen LogP contribution is -2.57. The Bertz CT molecular complexity index is 376. The summed E-state index contributed by atoms with van der Waals surface area (Å²) in [7, 11) is 0. The van der Waals surface area contributed by atoms with Gasteiger partial charge in [0.15, 0.2) is 0 Å². The fourth-order valence-electron chi connectivity index (χ4n) is 3.19. The fraction of sp³-hybridized carbons (Fsp3) is 0.944. The van der Waals surface area contributed by atoms with Crippen molar-refractivity contribution in [2.45, 2.75) is 83.6 Å². The van der Waals surface area contributed by atoms with Crippen molar-refractivity contribution in [3.63, 3.8) is 0 Å². The third kappa shape index (κ3) is 4.46. The molecule has 3 atom stereocenters. The van der Waals surface area contributed by atoms with E-state index in [-0.39, 0.29) is 18.1 Å². The predicted octanol–water partition coefficient (Wildman–Crippen LogP) is 3.12. The van der Waals surface area contributed by atoms with Crippen LogP contribution >= 0.6 is 0 Å². The molecule has 134 valence electrons. The molecular weight excluding hydrogens is 294 g/mol. The van der Waals surface area contributed by atoms with E-state index in [1.807, 2.05) is 4.90 Å². The van der Waals surface area contributed by atoms with Crippen LogP contribution in [-0.4, -0.2) is 55.1 Å². The second-order valence-electron chi connectivity index (χ2n) is 6.62. The Hall–Kier alpha value is -0.650. The second kappa shape index (κ2) is 9.00. The van der Waals surface area contributed by atoms with Crippen LogP contribution in [0.4, 0.5) is 0 Å². The highest BCUT2D eigenvalue weighted by atomic mass is 16.8. The number of hydrogen-bond acceptors (Lipinski definition) is 4. The lowest BCUT2D eigenvalue weighted by Gasteiger charge is -2.38. The monoisotopic (exact) mass is 327 g/mol. The van der Waals surface area contributed by atoms with E-state index in [1.54, 1.807) is 0 Å². The van der Waals surface area contributed by atoms with E-state index in [1.165, 1.54) is 0 Å². The van der Waals surface area contributed by atoms with Gasteiger partial charge in [0.25, 0.3) is 0 Å². The van der Waals surface area contributed by atoms with Crippen molar-refractivity contribution < 1.29 is 19.0 Å². The Balaban J connectivity index is 2.01. The molecule has 5 heteroatoms. The van der Waals surface area contributed by atoms with Gasteiger partial charge >= 0.3 is 0 Å². The molecule has 2 fully saturated rings. The Kier molecular flexibility index (Phi) is 7.31. The standard InChI is InChI=1S/C18H33NO4/c1-4-7-10-19-15(14-21-11-8-5-2)18(22-12-9-6-3)16(23-18)13-17(19)20/h15-16H,4-14H2,1-3H3. The number of epoxide rings is 1. The minimum absolute atomic E-state index is 0.0792. The molecular formula is C18H33NO4. The molecule has 0 aliphatic carbocycles. The number of fused-ring (bicyclic) bond motifs is 1. The van der Waals surface area contributed by atoms with Gasteiger partial charge in [0.2, 0.25) is 11.7 Å². The number of unbranched alkanes of at least 4 members (excludes halogenated alkanes) is 3. The van der Waals surface area contributed by atoms with Gasteiger partial charge in [-0.2, -0.15) is 0 Å². The number of amides is 1. The number of carbonyl (C=O) groups excluding carboxylic acids is 1. The zero-order chi connectivity index (χ0) is 16.7. The smallest absolute Gasteiger partial charge is 0.225 e. The fourth-order valence-corrected chi connectivity index (χ4v) is 3.19. The van der Waals surface area contributed by atoms with Crippen molar-refractivity contribution >= 4 is 5.91 Å². The summed E-state index contributed by atoms with van der Waals surface area (Å²) in [4.78, 5) is 14.4. The van der Waals surface area contributed by atoms with E-state index >= 15 is 0 Å². The molecule has 23 heavy (non-hydrogen) atoms. The van der Waals surface area contributed by atoms with Gasteiger partial charge in [0.1, 0.15) is 12.1 Å². The molecule has 5 nitrogen and oxygen atoms in total. The maximum absolute atomic E-state index is 12.4. The molecule has 0 bridgehead atoms. The second-order valence-corrected chi connectivity index (χ2v) is 6.62. The Labute approximate surface area is 140 Å². The highest BCUT2D eigenvalue weighted by Gasteiger charge is 2.68. The van der Waals surface area contributed by atoms with E-state index in [9.17, 15) is 4.79 Å². The summed E-state index contributed by atoms with van der Waals surface area (Å²) in [5.74, 6) is -0.428. The molecule has 2 rings (SSSR count). The minimum atomic E-state index is -0.608. The summed E-state index contributed by atoms with van der Waals surface area (Å²) in [6.45, 7) is 9.15. The number of piperidine rings is 1. The third-order valence-electron chi connectivity index (χ3n) is 4.74. The first-order valence-corrected chi connectivity index (χ1v) is 9.38.